The largest absolute Gasteiger partial charge is 0.455 e. The third kappa shape index (κ3) is 5.21. The number of rotatable bonds is 8. The van der Waals surface area contributed by atoms with Gasteiger partial charge in [0, 0.05) is 24.1 Å². The fraction of sp³-hybridized carbons (Fsp3) is 0.400. The first-order chi connectivity index (χ1) is 12.0. The van der Waals surface area contributed by atoms with Crippen LogP contribution < -0.4 is 5.32 Å². The lowest BCUT2D eigenvalue weighted by atomic mass is 10.0. The van der Waals surface area contributed by atoms with Gasteiger partial charge in [0.15, 0.2) is 6.61 Å². The van der Waals surface area contributed by atoms with Crippen LogP contribution in [0.5, 0.6) is 0 Å². The van der Waals surface area contributed by atoms with Crippen molar-refractivity contribution in [3.8, 4) is 0 Å². The average Bonchev–Trinajstić information content (AvgIpc) is 3.15. The summed E-state index contributed by atoms with van der Waals surface area (Å²) in [6.07, 6.45) is 5.69. The molecule has 2 rings (SSSR count). The third-order valence-electron chi connectivity index (χ3n) is 4.23. The van der Waals surface area contributed by atoms with E-state index in [-0.39, 0.29) is 30.9 Å². The van der Waals surface area contributed by atoms with Gasteiger partial charge in [-0.3, -0.25) is 9.59 Å². The van der Waals surface area contributed by atoms with E-state index in [1.54, 1.807) is 0 Å². The van der Waals surface area contributed by atoms with Gasteiger partial charge in [-0.1, -0.05) is 32.0 Å². The fourth-order valence-electron chi connectivity index (χ4n) is 2.77. The van der Waals surface area contributed by atoms with Crippen LogP contribution >= 0.6 is 0 Å². The number of esters is 1. The quantitative estimate of drug-likeness (QED) is 0.743. The Kier molecular flexibility index (Phi) is 6.81. The van der Waals surface area contributed by atoms with Crippen LogP contribution in [0.4, 0.5) is 5.69 Å². The van der Waals surface area contributed by atoms with Crippen molar-refractivity contribution in [1.82, 2.24) is 4.57 Å². The Morgan fingerprint density at radius 1 is 1.08 bits per heavy atom. The van der Waals surface area contributed by atoms with Crippen molar-refractivity contribution < 1.29 is 14.3 Å². The SMILES string of the molecule is CCc1cccc(CC)c1NC(=O)COC(=O)C[C@@H](C)n1cccc1. The van der Waals surface area contributed by atoms with E-state index in [0.29, 0.717) is 0 Å². The van der Waals surface area contributed by atoms with E-state index in [1.165, 1.54) is 0 Å². The standard InChI is InChI=1S/C20H26N2O3/c1-4-16-9-8-10-17(5-2)20(16)21-18(23)14-25-19(24)13-15(3)22-11-6-7-12-22/h6-12,15H,4-5,13-14H2,1-3H3,(H,21,23)/t15-/m1/s1. The van der Waals surface area contributed by atoms with Crippen molar-refractivity contribution in [2.75, 3.05) is 11.9 Å². The Morgan fingerprint density at radius 2 is 1.68 bits per heavy atom. The molecule has 0 bridgehead atoms. The number of aryl methyl sites for hydroxylation is 2. The molecule has 0 radical (unpaired) electrons. The number of hydrogen-bond acceptors (Lipinski definition) is 3. The van der Waals surface area contributed by atoms with E-state index < -0.39 is 0 Å². The van der Waals surface area contributed by atoms with Crippen LogP contribution in [0.25, 0.3) is 0 Å². The summed E-state index contributed by atoms with van der Waals surface area (Å²) in [6.45, 7) is 5.77. The van der Waals surface area contributed by atoms with Crippen molar-refractivity contribution >= 4 is 17.6 Å². The predicted molar refractivity (Wildman–Crippen MR) is 98.5 cm³/mol. The second kappa shape index (κ2) is 9.06. The summed E-state index contributed by atoms with van der Waals surface area (Å²) < 4.78 is 7.06. The van der Waals surface area contributed by atoms with Gasteiger partial charge < -0.3 is 14.6 Å². The molecule has 0 aliphatic heterocycles. The molecular formula is C20H26N2O3. The van der Waals surface area contributed by atoms with Crippen LogP contribution in [0, 0.1) is 0 Å². The maximum Gasteiger partial charge on any atom is 0.308 e. The predicted octanol–water partition coefficient (Wildman–Crippen LogP) is 3.75. The first-order valence-electron chi connectivity index (χ1n) is 8.73. The number of anilines is 1. The van der Waals surface area contributed by atoms with E-state index in [9.17, 15) is 9.59 Å². The van der Waals surface area contributed by atoms with Crippen molar-refractivity contribution in [2.24, 2.45) is 0 Å². The Bertz CT molecular complexity index is 685. The molecule has 5 nitrogen and oxygen atoms in total. The first kappa shape index (κ1) is 18.8. The normalized spacial score (nSPS) is 11.8. The molecule has 0 unspecified atom stereocenters. The molecule has 1 amide bonds. The zero-order valence-electron chi connectivity index (χ0n) is 15.1. The summed E-state index contributed by atoms with van der Waals surface area (Å²) in [5, 5.41) is 2.90. The van der Waals surface area contributed by atoms with E-state index >= 15 is 0 Å². The van der Waals surface area contributed by atoms with Gasteiger partial charge in [0.1, 0.15) is 0 Å². The van der Waals surface area contributed by atoms with Crippen LogP contribution in [-0.2, 0) is 27.2 Å². The van der Waals surface area contributed by atoms with Crippen molar-refractivity contribution in [3.05, 3.63) is 53.9 Å². The van der Waals surface area contributed by atoms with Gasteiger partial charge in [0.05, 0.1) is 6.42 Å². The average molecular weight is 342 g/mol. The lowest BCUT2D eigenvalue weighted by Gasteiger charge is -2.15. The van der Waals surface area contributed by atoms with Gasteiger partial charge in [-0.15, -0.1) is 0 Å². The van der Waals surface area contributed by atoms with Gasteiger partial charge in [0.2, 0.25) is 0 Å². The monoisotopic (exact) mass is 342 g/mol. The van der Waals surface area contributed by atoms with Crippen LogP contribution in [-0.4, -0.2) is 23.1 Å². The zero-order valence-corrected chi connectivity index (χ0v) is 15.1. The van der Waals surface area contributed by atoms with E-state index in [0.717, 1.165) is 29.7 Å². The van der Waals surface area contributed by atoms with Crippen molar-refractivity contribution in [1.29, 1.82) is 0 Å². The number of nitrogens with one attached hydrogen (secondary N) is 1. The second-order valence-corrected chi connectivity index (χ2v) is 6.05. The van der Waals surface area contributed by atoms with Gasteiger partial charge in [-0.25, -0.2) is 0 Å². The highest BCUT2D eigenvalue weighted by molar-refractivity contribution is 5.94. The van der Waals surface area contributed by atoms with E-state index in [4.69, 9.17) is 4.74 Å². The lowest BCUT2D eigenvalue weighted by Crippen LogP contribution is -2.23. The minimum absolute atomic E-state index is 0.00178. The number of amides is 1. The molecule has 0 spiro atoms. The molecule has 0 fully saturated rings. The zero-order chi connectivity index (χ0) is 18.2. The van der Waals surface area contributed by atoms with Crippen LogP contribution in [0.1, 0.15) is 44.4 Å². The van der Waals surface area contributed by atoms with Crippen LogP contribution in [0.3, 0.4) is 0 Å². The fourth-order valence-corrected chi connectivity index (χ4v) is 2.77. The third-order valence-corrected chi connectivity index (χ3v) is 4.23. The molecule has 5 heteroatoms. The highest BCUT2D eigenvalue weighted by Crippen LogP contribution is 2.22. The molecule has 0 aliphatic carbocycles. The second-order valence-electron chi connectivity index (χ2n) is 6.05. The summed E-state index contributed by atoms with van der Waals surface area (Å²) in [5.41, 5.74) is 3.01. The van der Waals surface area contributed by atoms with Gasteiger partial charge in [0.25, 0.3) is 5.91 Å². The molecule has 25 heavy (non-hydrogen) atoms. The Labute approximate surface area is 149 Å². The lowest BCUT2D eigenvalue weighted by molar-refractivity contribution is -0.148. The number of carbonyl (C=O) groups excluding carboxylic acids is 2. The van der Waals surface area contributed by atoms with Gasteiger partial charge in [-0.2, -0.15) is 0 Å². The Balaban J connectivity index is 1.87. The summed E-state index contributed by atoms with van der Waals surface area (Å²) in [6, 6.07) is 9.81. The number of benzene rings is 1. The molecular weight excluding hydrogens is 316 g/mol. The molecule has 0 saturated carbocycles. The van der Waals surface area contributed by atoms with Crippen LogP contribution in [0.2, 0.25) is 0 Å². The number of ether oxygens (including phenoxy) is 1. The Morgan fingerprint density at radius 3 is 2.24 bits per heavy atom. The molecule has 1 N–H and O–H groups in total. The number of para-hydroxylation sites is 1. The Hall–Kier alpha value is -2.56. The highest BCUT2D eigenvalue weighted by Gasteiger charge is 2.14. The minimum atomic E-state index is -0.379. The van der Waals surface area contributed by atoms with E-state index in [1.807, 2.05) is 68.1 Å². The van der Waals surface area contributed by atoms with Crippen molar-refractivity contribution in [2.45, 2.75) is 46.1 Å². The summed E-state index contributed by atoms with van der Waals surface area (Å²) in [5.74, 6) is -0.687. The minimum Gasteiger partial charge on any atom is -0.455 e. The van der Waals surface area contributed by atoms with E-state index in [2.05, 4.69) is 5.32 Å². The number of aromatic nitrogens is 1. The smallest absolute Gasteiger partial charge is 0.308 e. The summed E-state index contributed by atoms with van der Waals surface area (Å²) in [7, 11) is 0. The molecule has 0 saturated heterocycles. The topological polar surface area (TPSA) is 60.3 Å². The molecule has 1 aromatic heterocycles. The molecule has 2 aromatic rings. The molecule has 1 heterocycles. The van der Waals surface area contributed by atoms with Gasteiger partial charge in [-0.05, 0) is 43.0 Å². The van der Waals surface area contributed by atoms with Crippen molar-refractivity contribution in [3.63, 3.8) is 0 Å². The molecule has 0 aliphatic rings. The first-order valence-corrected chi connectivity index (χ1v) is 8.73. The molecule has 134 valence electrons. The maximum absolute atomic E-state index is 12.2. The number of hydrogen-bond donors (Lipinski definition) is 1. The van der Waals surface area contributed by atoms with Crippen LogP contribution in [0.15, 0.2) is 42.7 Å². The molecule has 1 atom stereocenters. The summed E-state index contributed by atoms with van der Waals surface area (Å²) in [4.78, 5) is 24.1. The highest BCUT2D eigenvalue weighted by atomic mass is 16.5. The summed E-state index contributed by atoms with van der Waals surface area (Å²) >= 11 is 0. The maximum atomic E-state index is 12.2. The number of carbonyl (C=O) groups is 2. The molecule has 1 aromatic carbocycles. The number of nitrogens with zero attached hydrogens (tertiary/aromatic N) is 1. The van der Waals surface area contributed by atoms with Gasteiger partial charge >= 0.3 is 5.97 Å².